The van der Waals surface area contributed by atoms with Crippen molar-refractivity contribution in [1.29, 1.82) is 0 Å². The number of nitrogens with zero attached hydrogens (tertiary/aromatic N) is 3. The molecule has 2 heterocycles. The Hall–Kier alpha value is -2.92. The molecule has 4 aliphatic carbocycles. The molecule has 2 amide bonds. The molecule has 9 nitrogen and oxygen atoms in total. The largest absolute Gasteiger partial charge is 0.392 e. The fraction of sp³-hybridized carbons (Fsp3) is 0.545. The Bertz CT molecular complexity index is 1380. The van der Waals surface area contributed by atoms with E-state index in [9.17, 15) is 9.90 Å². The quantitative estimate of drug-likeness (QED) is 0.281. The van der Waals surface area contributed by atoms with Gasteiger partial charge in [0.25, 0.3) is 0 Å². The molecule has 43 heavy (non-hydrogen) atoms. The van der Waals surface area contributed by atoms with Gasteiger partial charge >= 0.3 is 6.03 Å². The summed E-state index contributed by atoms with van der Waals surface area (Å²) in [6.07, 6.45) is 9.20. The summed E-state index contributed by atoms with van der Waals surface area (Å²) in [5, 5.41) is 25.0. The van der Waals surface area contributed by atoms with E-state index in [1.807, 2.05) is 60.1 Å². The number of benzene rings is 2. The molecular formula is C33H41N5O4S. The summed E-state index contributed by atoms with van der Waals surface area (Å²) in [6, 6.07) is 16.0. The molecule has 2 aromatic carbocycles. The first-order valence-electron chi connectivity index (χ1n) is 15.6. The van der Waals surface area contributed by atoms with Crippen molar-refractivity contribution in [3.05, 3.63) is 77.1 Å². The Labute approximate surface area is 257 Å². The lowest BCUT2D eigenvalue weighted by atomic mass is 9.53. The van der Waals surface area contributed by atoms with Gasteiger partial charge in [-0.25, -0.2) is 4.79 Å². The number of ether oxygens (including phenoxy) is 2. The maximum atomic E-state index is 12.9. The van der Waals surface area contributed by atoms with Gasteiger partial charge in [0.15, 0.2) is 11.4 Å². The molecule has 4 bridgehead atoms. The smallest absolute Gasteiger partial charge is 0.315 e. The lowest BCUT2D eigenvalue weighted by molar-refractivity contribution is -0.245. The van der Waals surface area contributed by atoms with Gasteiger partial charge in [0.2, 0.25) is 0 Å². The minimum absolute atomic E-state index is 0.00887. The standard InChI is InChI=1S/C33H41N5O4S/c1-38-20-35-37-32(38)43-19-28-13-29(26-6-4-22(18-39)5-7-26)42-30(41-28)27-8-2-21(3-9-27)17-34-31(40)36-33-14-23-10-24(15-33)12-25(11-23)16-33/h2-9,20,23-25,28-30,39H,10-19H2,1H3,(H2,34,36,40)/t23?,24?,25?,28-,29+,30+,33?/m0/s1. The molecule has 0 spiro atoms. The van der Waals surface area contributed by atoms with Gasteiger partial charge in [-0.2, -0.15) is 0 Å². The third kappa shape index (κ3) is 6.48. The van der Waals surface area contributed by atoms with Gasteiger partial charge in [0, 0.05) is 36.9 Å². The number of aromatic nitrogens is 3. The molecule has 0 radical (unpaired) electrons. The molecule has 1 aliphatic heterocycles. The molecule has 228 valence electrons. The second-order valence-electron chi connectivity index (χ2n) is 13.1. The highest BCUT2D eigenvalue weighted by atomic mass is 32.2. The number of nitrogens with one attached hydrogen (secondary N) is 2. The third-order valence-electron chi connectivity index (χ3n) is 9.81. The Morgan fingerprint density at radius 3 is 2.23 bits per heavy atom. The van der Waals surface area contributed by atoms with Crippen LogP contribution in [0.3, 0.4) is 0 Å². The zero-order chi connectivity index (χ0) is 29.4. The Kier molecular flexibility index (Phi) is 8.20. The molecule has 3 N–H and O–H groups in total. The van der Waals surface area contributed by atoms with Crippen molar-refractivity contribution in [2.24, 2.45) is 24.8 Å². The predicted molar refractivity (Wildman–Crippen MR) is 163 cm³/mol. The van der Waals surface area contributed by atoms with Gasteiger partial charge in [-0.1, -0.05) is 60.3 Å². The molecule has 5 aliphatic rings. The number of hydrogen-bond acceptors (Lipinski definition) is 7. The minimum atomic E-state index is -0.525. The van der Waals surface area contributed by atoms with E-state index in [1.165, 1.54) is 19.3 Å². The SMILES string of the molecule is Cn1cnnc1SC[C@@H]1C[C@H](c2ccc(CO)cc2)O[C@H](c2ccc(CNC(=O)NC34CC5CC(CC(C5)C3)C4)cc2)O1. The second kappa shape index (κ2) is 12.2. The van der Waals surface area contributed by atoms with Crippen LogP contribution in [0, 0.1) is 17.8 Å². The zero-order valence-electron chi connectivity index (χ0n) is 24.7. The Morgan fingerprint density at radius 2 is 1.60 bits per heavy atom. The van der Waals surface area contributed by atoms with Crippen molar-refractivity contribution in [2.45, 2.75) is 87.3 Å². The van der Waals surface area contributed by atoms with E-state index in [0.29, 0.717) is 13.0 Å². The second-order valence-corrected chi connectivity index (χ2v) is 14.1. The lowest BCUT2D eigenvalue weighted by Gasteiger charge is -2.56. The highest BCUT2D eigenvalue weighted by Gasteiger charge is 2.51. The van der Waals surface area contributed by atoms with E-state index in [4.69, 9.17) is 9.47 Å². The van der Waals surface area contributed by atoms with Crippen molar-refractivity contribution in [3.8, 4) is 0 Å². The van der Waals surface area contributed by atoms with Crippen LogP contribution >= 0.6 is 11.8 Å². The molecule has 10 heteroatoms. The Morgan fingerprint density at radius 1 is 0.953 bits per heavy atom. The third-order valence-corrected chi connectivity index (χ3v) is 11.0. The van der Waals surface area contributed by atoms with Crippen LogP contribution in [-0.2, 0) is 29.7 Å². The summed E-state index contributed by atoms with van der Waals surface area (Å²) in [5.74, 6) is 3.12. The summed E-state index contributed by atoms with van der Waals surface area (Å²) in [6.45, 7) is 0.487. The zero-order valence-corrected chi connectivity index (χ0v) is 25.5. The number of thioether (sulfide) groups is 1. The molecule has 1 aromatic heterocycles. The minimum Gasteiger partial charge on any atom is -0.392 e. The van der Waals surface area contributed by atoms with Crippen LogP contribution in [0.4, 0.5) is 4.79 Å². The van der Waals surface area contributed by atoms with Gasteiger partial charge in [-0.3, -0.25) is 0 Å². The fourth-order valence-electron chi connectivity index (χ4n) is 8.12. The number of aliphatic hydroxyl groups is 1. The number of aryl methyl sites for hydroxylation is 1. The molecule has 3 atom stereocenters. The lowest BCUT2D eigenvalue weighted by Crippen LogP contribution is -2.61. The average Bonchev–Trinajstić information content (AvgIpc) is 3.42. The van der Waals surface area contributed by atoms with Crippen molar-refractivity contribution >= 4 is 17.8 Å². The first-order valence-corrected chi connectivity index (χ1v) is 16.5. The number of aliphatic hydroxyl groups excluding tert-OH is 1. The normalized spacial score (nSPS) is 31.2. The van der Waals surface area contributed by atoms with Crippen molar-refractivity contribution in [1.82, 2.24) is 25.4 Å². The summed E-state index contributed by atoms with van der Waals surface area (Å²) in [4.78, 5) is 12.9. The van der Waals surface area contributed by atoms with Crippen LogP contribution in [0.2, 0.25) is 0 Å². The molecule has 3 aromatic rings. The van der Waals surface area contributed by atoms with Gasteiger partial charge in [-0.05, 0) is 73.0 Å². The number of carbonyl (C=O) groups is 1. The van der Waals surface area contributed by atoms with Crippen LogP contribution in [0.15, 0.2) is 60.0 Å². The van der Waals surface area contributed by atoms with Gasteiger partial charge in [-0.15, -0.1) is 10.2 Å². The van der Waals surface area contributed by atoms with E-state index in [1.54, 1.807) is 18.1 Å². The topological polar surface area (TPSA) is 111 Å². The summed E-state index contributed by atoms with van der Waals surface area (Å²) < 4.78 is 14.9. The van der Waals surface area contributed by atoms with Crippen LogP contribution < -0.4 is 10.6 Å². The molecule has 4 saturated carbocycles. The summed E-state index contributed by atoms with van der Waals surface area (Å²) in [5.41, 5.74) is 3.91. The van der Waals surface area contributed by atoms with Crippen molar-refractivity contribution < 1.29 is 19.4 Å². The van der Waals surface area contributed by atoms with Gasteiger partial charge in [0.1, 0.15) is 6.33 Å². The molecule has 1 saturated heterocycles. The van der Waals surface area contributed by atoms with Crippen molar-refractivity contribution in [2.75, 3.05) is 5.75 Å². The summed E-state index contributed by atoms with van der Waals surface area (Å²) in [7, 11) is 1.94. The highest BCUT2D eigenvalue weighted by molar-refractivity contribution is 7.99. The molecular weight excluding hydrogens is 562 g/mol. The summed E-state index contributed by atoms with van der Waals surface area (Å²) >= 11 is 1.62. The van der Waals surface area contributed by atoms with Crippen LogP contribution in [0.5, 0.6) is 0 Å². The predicted octanol–water partition coefficient (Wildman–Crippen LogP) is 5.41. The van der Waals surface area contributed by atoms with Gasteiger partial charge < -0.3 is 29.8 Å². The van der Waals surface area contributed by atoms with E-state index in [2.05, 4.69) is 20.8 Å². The van der Waals surface area contributed by atoms with Crippen molar-refractivity contribution in [3.63, 3.8) is 0 Å². The van der Waals surface area contributed by atoms with Gasteiger partial charge in [0.05, 0.1) is 18.8 Å². The molecule has 5 fully saturated rings. The number of urea groups is 1. The van der Waals surface area contributed by atoms with Crippen LogP contribution in [-0.4, -0.2) is 43.3 Å². The number of rotatable bonds is 9. The number of hydrogen-bond donors (Lipinski definition) is 3. The maximum absolute atomic E-state index is 12.9. The van der Waals surface area contributed by atoms with E-state index < -0.39 is 6.29 Å². The molecule has 8 rings (SSSR count). The fourth-order valence-corrected chi connectivity index (χ4v) is 9.02. The van der Waals surface area contributed by atoms with E-state index in [-0.39, 0.29) is 30.4 Å². The molecule has 0 unspecified atom stereocenters. The highest BCUT2D eigenvalue weighted by Crippen LogP contribution is 2.55. The van der Waals surface area contributed by atoms with E-state index in [0.717, 1.165) is 70.2 Å². The monoisotopic (exact) mass is 603 g/mol. The first kappa shape index (κ1) is 28.8. The average molecular weight is 604 g/mol. The van der Waals surface area contributed by atoms with Crippen LogP contribution in [0.25, 0.3) is 0 Å². The Balaban J connectivity index is 0.984. The number of amides is 2. The first-order chi connectivity index (χ1) is 20.9. The number of carbonyl (C=O) groups excluding carboxylic acids is 1. The van der Waals surface area contributed by atoms with Crippen LogP contribution in [0.1, 0.15) is 79.6 Å². The maximum Gasteiger partial charge on any atom is 0.315 e. The van der Waals surface area contributed by atoms with E-state index >= 15 is 0 Å².